The number of nitrogens with zero attached hydrogens (tertiary/aromatic N) is 3. The third-order valence-corrected chi connectivity index (χ3v) is 11.4. The van der Waals surface area contributed by atoms with E-state index in [1.165, 1.54) is 21.9 Å². The summed E-state index contributed by atoms with van der Waals surface area (Å²) in [5, 5.41) is 4.64. The van der Waals surface area contributed by atoms with Crippen LogP contribution in [0.1, 0.15) is 0 Å². The smallest absolute Gasteiger partial charge is 0.187 e. The van der Waals surface area contributed by atoms with Crippen molar-refractivity contribution < 1.29 is 4.42 Å². The molecular weight excluding hydrogens is 719 g/mol. The minimum Gasteiger partial charge on any atom is -0.455 e. The molecule has 0 aliphatic heterocycles. The topological polar surface area (TPSA) is 25.7 Å². The van der Waals surface area contributed by atoms with Crippen molar-refractivity contribution in [2.24, 2.45) is 0 Å². The van der Waals surface area contributed by atoms with Gasteiger partial charge in [0.05, 0.1) is 17.6 Å². The summed E-state index contributed by atoms with van der Waals surface area (Å²) in [5.74, 6) is 0. The first-order valence-corrected chi connectivity index (χ1v) is 19.8. The van der Waals surface area contributed by atoms with Crippen LogP contribution in [0.15, 0.2) is 217 Å². The summed E-state index contributed by atoms with van der Waals surface area (Å²) in [6.07, 6.45) is 0. The molecule has 4 heteroatoms. The van der Waals surface area contributed by atoms with Gasteiger partial charge in [-0.1, -0.05) is 140 Å². The molecular formula is C55H35N3O. The number of hydrogen-bond acceptors (Lipinski definition) is 2. The number of para-hydroxylation sites is 3. The van der Waals surface area contributed by atoms with Crippen LogP contribution in [0.4, 0.5) is 22.7 Å². The van der Waals surface area contributed by atoms with E-state index in [1.807, 2.05) is 36.4 Å². The van der Waals surface area contributed by atoms with Gasteiger partial charge in [-0.2, -0.15) is 0 Å². The fourth-order valence-electron chi connectivity index (χ4n) is 8.56. The zero-order valence-corrected chi connectivity index (χ0v) is 32.0. The van der Waals surface area contributed by atoms with Gasteiger partial charge in [-0.15, -0.1) is 0 Å². The van der Waals surface area contributed by atoms with Gasteiger partial charge in [0, 0.05) is 49.9 Å². The molecule has 11 aromatic rings. The summed E-state index contributed by atoms with van der Waals surface area (Å²) in [4.78, 5) is 5.91. The van der Waals surface area contributed by atoms with Crippen LogP contribution in [0.25, 0.3) is 87.7 Å². The number of benzene rings is 9. The summed E-state index contributed by atoms with van der Waals surface area (Å²) in [7, 11) is 0. The molecule has 0 bridgehead atoms. The minimum absolute atomic E-state index is 0.636. The molecule has 59 heavy (non-hydrogen) atoms. The van der Waals surface area contributed by atoms with E-state index in [4.69, 9.17) is 11.0 Å². The Hall–Kier alpha value is -8.13. The van der Waals surface area contributed by atoms with Gasteiger partial charge in [0.25, 0.3) is 0 Å². The van der Waals surface area contributed by atoms with Crippen molar-refractivity contribution in [2.75, 3.05) is 4.90 Å². The Kier molecular flexibility index (Phi) is 8.17. The van der Waals surface area contributed by atoms with Crippen molar-refractivity contribution in [1.29, 1.82) is 0 Å². The fraction of sp³-hybridized carbons (Fsp3) is 0. The zero-order chi connectivity index (χ0) is 39.3. The van der Waals surface area contributed by atoms with Gasteiger partial charge >= 0.3 is 0 Å². The quantitative estimate of drug-likeness (QED) is 0.151. The van der Waals surface area contributed by atoms with Gasteiger partial charge in [0.1, 0.15) is 11.2 Å². The highest BCUT2D eigenvalue weighted by Crippen LogP contribution is 2.41. The van der Waals surface area contributed by atoms with Crippen LogP contribution in [0.2, 0.25) is 0 Å². The molecule has 4 nitrogen and oxygen atoms in total. The first-order chi connectivity index (χ1) is 29.2. The van der Waals surface area contributed by atoms with Crippen molar-refractivity contribution in [1.82, 2.24) is 4.57 Å². The number of anilines is 3. The van der Waals surface area contributed by atoms with Crippen molar-refractivity contribution in [3.8, 4) is 39.1 Å². The number of rotatable bonds is 7. The molecule has 0 spiro atoms. The molecule has 0 saturated carbocycles. The second kappa shape index (κ2) is 14.1. The van der Waals surface area contributed by atoms with Gasteiger partial charge in [-0.3, -0.25) is 0 Å². The molecule has 0 N–H and O–H groups in total. The maximum Gasteiger partial charge on any atom is 0.187 e. The predicted octanol–water partition coefficient (Wildman–Crippen LogP) is 15.7. The molecule has 11 rings (SSSR count). The predicted molar refractivity (Wildman–Crippen MR) is 245 cm³/mol. The number of hydrogen-bond donors (Lipinski definition) is 0. The molecule has 2 heterocycles. The molecule has 9 aromatic carbocycles. The summed E-state index contributed by atoms with van der Waals surface area (Å²) in [6, 6.07) is 74.7. The Morgan fingerprint density at radius 2 is 0.949 bits per heavy atom. The summed E-state index contributed by atoms with van der Waals surface area (Å²) in [6.45, 7) is 7.41. The van der Waals surface area contributed by atoms with E-state index >= 15 is 0 Å². The molecule has 0 unspecified atom stereocenters. The summed E-state index contributed by atoms with van der Waals surface area (Å²) < 4.78 is 8.69. The average molecular weight is 754 g/mol. The highest BCUT2D eigenvalue weighted by molar-refractivity contribution is 6.11. The van der Waals surface area contributed by atoms with Gasteiger partial charge in [-0.05, 0) is 101 Å². The highest BCUT2D eigenvalue weighted by atomic mass is 16.3. The second-order valence-electron chi connectivity index (χ2n) is 14.8. The Morgan fingerprint density at radius 1 is 0.407 bits per heavy atom. The van der Waals surface area contributed by atoms with E-state index in [2.05, 4.69) is 190 Å². The standard InChI is InChI=1S/C55H35N3O/c1-56-42-25-33-46(34-26-42)58-52-16-7-5-12-48(52)51-36-41(24-35-53(51)58)39-20-29-44(30-21-39)57(43-27-18-38(19-28-43)37-10-3-2-4-11-37)45-31-22-40(23-32-45)47-14-9-15-50-49-13-6-8-17-54(49)59-55(47)50/h2-36H. The zero-order valence-electron chi connectivity index (χ0n) is 32.0. The lowest BCUT2D eigenvalue weighted by atomic mass is 10.0. The normalized spacial score (nSPS) is 11.4. The lowest BCUT2D eigenvalue weighted by molar-refractivity contribution is 0.670. The van der Waals surface area contributed by atoms with Crippen molar-refractivity contribution in [3.63, 3.8) is 0 Å². The number of aromatic nitrogens is 1. The van der Waals surface area contributed by atoms with E-state index in [1.54, 1.807) is 0 Å². The Labute approximate surface area is 341 Å². The van der Waals surface area contributed by atoms with Crippen LogP contribution in [0.3, 0.4) is 0 Å². The first-order valence-electron chi connectivity index (χ1n) is 19.8. The van der Waals surface area contributed by atoms with E-state index in [9.17, 15) is 0 Å². The second-order valence-corrected chi connectivity index (χ2v) is 14.8. The maximum absolute atomic E-state index is 7.41. The summed E-state index contributed by atoms with van der Waals surface area (Å²) in [5.41, 5.74) is 15.8. The van der Waals surface area contributed by atoms with Gasteiger partial charge in [-0.25, -0.2) is 4.85 Å². The molecule has 0 aliphatic rings. The van der Waals surface area contributed by atoms with Crippen molar-refractivity contribution in [3.05, 3.63) is 224 Å². The molecule has 0 amide bonds. The van der Waals surface area contributed by atoms with E-state index in [0.29, 0.717) is 5.69 Å². The van der Waals surface area contributed by atoms with Crippen LogP contribution in [-0.4, -0.2) is 4.57 Å². The molecule has 0 aliphatic carbocycles. The van der Waals surface area contributed by atoms with E-state index in [-0.39, 0.29) is 0 Å². The van der Waals surface area contributed by atoms with E-state index < -0.39 is 0 Å². The molecule has 0 atom stereocenters. The van der Waals surface area contributed by atoms with E-state index in [0.717, 1.165) is 78.0 Å². The summed E-state index contributed by atoms with van der Waals surface area (Å²) >= 11 is 0. The lowest BCUT2D eigenvalue weighted by Crippen LogP contribution is -2.09. The average Bonchev–Trinajstić information content (AvgIpc) is 3.86. The Bertz CT molecular complexity index is 3350. The number of fused-ring (bicyclic) bond motifs is 6. The fourth-order valence-corrected chi connectivity index (χ4v) is 8.56. The third kappa shape index (κ3) is 5.93. The van der Waals surface area contributed by atoms with Gasteiger partial charge < -0.3 is 13.9 Å². The van der Waals surface area contributed by atoms with Crippen LogP contribution < -0.4 is 4.90 Å². The van der Waals surface area contributed by atoms with Crippen molar-refractivity contribution in [2.45, 2.75) is 0 Å². The molecule has 276 valence electrons. The maximum atomic E-state index is 7.41. The number of furan rings is 1. The minimum atomic E-state index is 0.636. The largest absolute Gasteiger partial charge is 0.455 e. The third-order valence-electron chi connectivity index (χ3n) is 11.4. The highest BCUT2D eigenvalue weighted by Gasteiger charge is 2.17. The first kappa shape index (κ1) is 34.1. The molecule has 2 aromatic heterocycles. The van der Waals surface area contributed by atoms with Crippen LogP contribution in [-0.2, 0) is 0 Å². The Balaban J connectivity index is 0.976. The van der Waals surface area contributed by atoms with Gasteiger partial charge in [0.15, 0.2) is 5.69 Å². The molecule has 0 radical (unpaired) electrons. The lowest BCUT2D eigenvalue weighted by Gasteiger charge is -2.26. The van der Waals surface area contributed by atoms with Crippen molar-refractivity contribution >= 4 is 66.5 Å². The van der Waals surface area contributed by atoms with Crippen LogP contribution in [0, 0.1) is 6.57 Å². The monoisotopic (exact) mass is 753 g/mol. The van der Waals surface area contributed by atoms with Crippen LogP contribution >= 0.6 is 0 Å². The Morgan fingerprint density at radius 3 is 1.64 bits per heavy atom. The van der Waals surface area contributed by atoms with Gasteiger partial charge in [0.2, 0.25) is 0 Å². The SMILES string of the molecule is [C-]#[N+]c1ccc(-n2c3ccccc3c3cc(-c4ccc(N(c5ccc(-c6ccccc6)cc5)c5ccc(-c6cccc7c6oc6ccccc67)cc5)cc4)ccc32)cc1. The van der Waals surface area contributed by atoms with Crippen LogP contribution in [0.5, 0.6) is 0 Å². The molecule has 0 saturated heterocycles. The molecule has 0 fully saturated rings.